The maximum atomic E-state index is 8.58. The van der Waals surface area contributed by atoms with Crippen molar-refractivity contribution in [1.29, 1.82) is 5.41 Å². The van der Waals surface area contributed by atoms with Crippen LogP contribution in [-0.2, 0) is 6.54 Å². The first-order valence-electron chi connectivity index (χ1n) is 7.21. The van der Waals surface area contributed by atoms with Crippen molar-refractivity contribution in [3.63, 3.8) is 0 Å². The smallest absolute Gasteiger partial charge is 0.0839 e. The van der Waals surface area contributed by atoms with Crippen LogP contribution < -0.4 is 0 Å². The van der Waals surface area contributed by atoms with Crippen molar-refractivity contribution in [1.82, 2.24) is 4.31 Å². The van der Waals surface area contributed by atoms with E-state index in [0.717, 1.165) is 12.3 Å². The van der Waals surface area contributed by atoms with Crippen LogP contribution in [0.3, 0.4) is 0 Å². The van der Waals surface area contributed by atoms with Gasteiger partial charge in [0.1, 0.15) is 0 Å². The van der Waals surface area contributed by atoms with Crippen LogP contribution in [0.5, 0.6) is 0 Å². The third kappa shape index (κ3) is 2.76. The Labute approximate surface area is 130 Å². The molecule has 0 amide bonds. The Hall–Kier alpha value is -1.58. The summed E-state index contributed by atoms with van der Waals surface area (Å²) in [6, 6.07) is 20.9. The van der Waals surface area contributed by atoms with Crippen LogP contribution in [0.4, 0.5) is 0 Å². The van der Waals surface area contributed by atoms with E-state index >= 15 is 0 Å². The maximum absolute atomic E-state index is 8.58. The zero-order valence-corrected chi connectivity index (χ0v) is 13.2. The Bertz CT molecular complexity index is 622. The largest absolute Gasteiger partial charge is 0.306 e. The molecule has 1 saturated heterocycles. The SMILES string of the molecule is CC1(C)C(=N)C(c2ccccc2)SN1Cc1ccccc1. The third-order valence-corrected chi connectivity index (χ3v) is 5.61. The maximum Gasteiger partial charge on any atom is 0.0839 e. The van der Waals surface area contributed by atoms with Crippen LogP contribution in [-0.4, -0.2) is 15.6 Å². The molecule has 1 heterocycles. The molecule has 0 spiro atoms. The quantitative estimate of drug-likeness (QED) is 0.832. The Kier molecular flexibility index (Phi) is 3.87. The zero-order valence-electron chi connectivity index (χ0n) is 12.4. The molecule has 0 aromatic heterocycles. The molecular formula is C18H20N2S. The lowest BCUT2D eigenvalue weighted by Gasteiger charge is -2.29. The Morgan fingerprint density at radius 2 is 1.57 bits per heavy atom. The molecule has 0 radical (unpaired) electrons. The molecule has 2 aromatic rings. The lowest BCUT2D eigenvalue weighted by atomic mass is 9.92. The van der Waals surface area contributed by atoms with Crippen molar-refractivity contribution in [2.45, 2.75) is 31.2 Å². The normalized spacial score (nSPS) is 21.6. The summed E-state index contributed by atoms with van der Waals surface area (Å²) in [5, 5.41) is 8.71. The molecule has 3 heteroatoms. The lowest BCUT2D eigenvalue weighted by molar-refractivity contribution is 0.335. The minimum absolute atomic E-state index is 0.130. The van der Waals surface area contributed by atoms with Crippen molar-refractivity contribution in [2.75, 3.05) is 0 Å². The van der Waals surface area contributed by atoms with Gasteiger partial charge in [0.2, 0.25) is 0 Å². The minimum Gasteiger partial charge on any atom is -0.306 e. The van der Waals surface area contributed by atoms with E-state index < -0.39 is 0 Å². The summed E-state index contributed by atoms with van der Waals surface area (Å²) in [4.78, 5) is 0. The molecule has 1 atom stereocenters. The fraction of sp³-hybridized carbons (Fsp3) is 0.278. The Morgan fingerprint density at radius 3 is 2.19 bits per heavy atom. The van der Waals surface area contributed by atoms with Crippen molar-refractivity contribution in [2.24, 2.45) is 0 Å². The summed E-state index contributed by atoms with van der Waals surface area (Å²) < 4.78 is 2.34. The van der Waals surface area contributed by atoms with E-state index in [1.54, 1.807) is 11.9 Å². The van der Waals surface area contributed by atoms with Gasteiger partial charge in [-0.05, 0) is 25.0 Å². The molecule has 1 fully saturated rings. The zero-order chi connectivity index (χ0) is 14.9. The molecule has 3 rings (SSSR count). The van der Waals surface area contributed by atoms with Gasteiger partial charge in [0, 0.05) is 12.3 Å². The van der Waals surface area contributed by atoms with Crippen molar-refractivity contribution in [3.8, 4) is 0 Å². The highest BCUT2D eigenvalue weighted by atomic mass is 32.2. The number of nitrogens with zero attached hydrogens (tertiary/aromatic N) is 1. The molecule has 108 valence electrons. The number of benzene rings is 2. The Balaban J connectivity index is 1.85. The highest BCUT2D eigenvalue weighted by Gasteiger charge is 2.45. The van der Waals surface area contributed by atoms with Crippen molar-refractivity contribution >= 4 is 17.7 Å². The van der Waals surface area contributed by atoms with E-state index in [1.807, 2.05) is 12.1 Å². The predicted molar refractivity (Wildman–Crippen MR) is 90.6 cm³/mol. The minimum atomic E-state index is -0.221. The van der Waals surface area contributed by atoms with Crippen LogP contribution >= 0.6 is 11.9 Å². The standard InChI is InChI=1S/C18H20N2S/c1-18(2)17(19)16(15-11-7-4-8-12-15)21-20(18)13-14-9-5-3-6-10-14/h3-12,16,19H,13H2,1-2H3. The van der Waals surface area contributed by atoms with Gasteiger partial charge in [-0.25, -0.2) is 4.31 Å². The first-order valence-corrected chi connectivity index (χ1v) is 8.05. The van der Waals surface area contributed by atoms with Crippen LogP contribution in [0.2, 0.25) is 0 Å². The van der Waals surface area contributed by atoms with Gasteiger partial charge in [-0.3, -0.25) is 0 Å². The summed E-state index contributed by atoms with van der Waals surface area (Å²) in [7, 11) is 0. The van der Waals surface area contributed by atoms with E-state index in [1.165, 1.54) is 11.1 Å². The van der Waals surface area contributed by atoms with Gasteiger partial charge >= 0.3 is 0 Å². The molecule has 21 heavy (non-hydrogen) atoms. The van der Waals surface area contributed by atoms with Crippen LogP contribution in [0.1, 0.15) is 30.2 Å². The van der Waals surface area contributed by atoms with E-state index in [2.05, 4.69) is 66.7 Å². The van der Waals surface area contributed by atoms with E-state index in [0.29, 0.717) is 0 Å². The number of hydrogen-bond acceptors (Lipinski definition) is 3. The van der Waals surface area contributed by atoms with Gasteiger partial charge in [-0.1, -0.05) is 72.6 Å². The first kappa shape index (κ1) is 14.4. The fourth-order valence-electron chi connectivity index (χ4n) is 2.61. The van der Waals surface area contributed by atoms with Crippen molar-refractivity contribution in [3.05, 3.63) is 71.8 Å². The summed E-state index contributed by atoms with van der Waals surface area (Å²) in [6.07, 6.45) is 0. The average molecular weight is 296 g/mol. The van der Waals surface area contributed by atoms with Gasteiger partial charge in [-0.15, -0.1) is 0 Å². The molecule has 2 aromatic carbocycles. The number of hydrogen-bond donors (Lipinski definition) is 1. The molecule has 0 bridgehead atoms. The second kappa shape index (κ2) is 5.66. The average Bonchev–Trinajstić information content (AvgIpc) is 2.73. The monoisotopic (exact) mass is 296 g/mol. The van der Waals surface area contributed by atoms with Gasteiger partial charge in [0.05, 0.1) is 10.8 Å². The van der Waals surface area contributed by atoms with E-state index in [4.69, 9.17) is 5.41 Å². The molecule has 0 aliphatic carbocycles. The molecular weight excluding hydrogens is 276 g/mol. The molecule has 0 saturated carbocycles. The molecule has 2 nitrogen and oxygen atoms in total. The van der Waals surface area contributed by atoms with Gasteiger partial charge in [0.25, 0.3) is 0 Å². The van der Waals surface area contributed by atoms with Gasteiger partial charge in [0.15, 0.2) is 0 Å². The summed E-state index contributed by atoms with van der Waals surface area (Å²) in [5.41, 5.74) is 3.08. The summed E-state index contributed by atoms with van der Waals surface area (Å²) in [5.74, 6) is 0. The predicted octanol–water partition coefficient (Wildman–Crippen LogP) is 4.69. The third-order valence-electron chi connectivity index (χ3n) is 4.05. The summed E-state index contributed by atoms with van der Waals surface area (Å²) in [6.45, 7) is 5.16. The molecule has 1 N–H and O–H groups in total. The number of nitrogens with one attached hydrogen (secondary N) is 1. The lowest BCUT2D eigenvalue weighted by Crippen LogP contribution is -2.40. The highest BCUT2D eigenvalue weighted by molar-refractivity contribution is 7.98. The molecule has 1 aliphatic heterocycles. The van der Waals surface area contributed by atoms with E-state index in [9.17, 15) is 0 Å². The van der Waals surface area contributed by atoms with E-state index in [-0.39, 0.29) is 10.8 Å². The first-order chi connectivity index (χ1) is 10.1. The fourth-order valence-corrected chi connectivity index (χ4v) is 4.12. The highest BCUT2D eigenvalue weighted by Crippen LogP contribution is 2.48. The molecule has 1 aliphatic rings. The van der Waals surface area contributed by atoms with Crippen LogP contribution in [0.15, 0.2) is 60.7 Å². The summed E-state index contributed by atoms with van der Waals surface area (Å²) >= 11 is 1.78. The second-order valence-electron chi connectivity index (χ2n) is 5.89. The topological polar surface area (TPSA) is 27.1 Å². The van der Waals surface area contributed by atoms with Crippen LogP contribution in [0, 0.1) is 5.41 Å². The van der Waals surface area contributed by atoms with Crippen molar-refractivity contribution < 1.29 is 0 Å². The Morgan fingerprint density at radius 1 is 1.00 bits per heavy atom. The van der Waals surface area contributed by atoms with Crippen LogP contribution in [0.25, 0.3) is 0 Å². The number of rotatable bonds is 3. The van der Waals surface area contributed by atoms with Gasteiger partial charge in [-0.2, -0.15) is 0 Å². The second-order valence-corrected chi connectivity index (χ2v) is 7.01. The molecule has 1 unspecified atom stereocenters. The van der Waals surface area contributed by atoms with Gasteiger partial charge < -0.3 is 5.41 Å².